The lowest BCUT2D eigenvalue weighted by Crippen LogP contribution is -2.35. The van der Waals surface area contributed by atoms with Crippen LogP contribution in [0.5, 0.6) is 0 Å². The van der Waals surface area contributed by atoms with E-state index < -0.39 is 11.9 Å². The molecule has 25 heavy (non-hydrogen) atoms. The Labute approximate surface area is 145 Å². The number of anilines is 1. The van der Waals surface area contributed by atoms with Crippen molar-refractivity contribution in [2.45, 2.75) is 32.8 Å². The Morgan fingerprint density at radius 3 is 2.84 bits per heavy atom. The van der Waals surface area contributed by atoms with Gasteiger partial charge in [-0.25, -0.2) is 0 Å². The molecule has 0 unspecified atom stereocenters. The summed E-state index contributed by atoms with van der Waals surface area (Å²) in [7, 11) is 0. The number of fused-ring (bicyclic) bond motifs is 1. The molecule has 1 amide bonds. The van der Waals surface area contributed by atoms with E-state index in [0.29, 0.717) is 5.69 Å². The van der Waals surface area contributed by atoms with E-state index in [1.54, 1.807) is 0 Å². The van der Waals surface area contributed by atoms with E-state index >= 15 is 0 Å². The SMILES string of the molecule is Cc1ccc(NC(=O)COC(=O)[C@@H]2[C@@H]3C[C@@H]4[C@H]2C(=O)O[C@H]4C3)c(C)c1. The molecule has 1 aromatic carbocycles. The molecule has 4 rings (SSSR count). The Kier molecular flexibility index (Phi) is 3.78. The van der Waals surface area contributed by atoms with Crippen molar-refractivity contribution in [2.75, 3.05) is 11.9 Å². The number of carbonyl (C=O) groups excluding carboxylic acids is 3. The first-order valence-corrected chi connectivity index (χ1v) is 8.68. The first kappa shape index (κ1) is 16.1. The van der Waals surface area contributed by atoms with Crippen molar-refractivity contribution in [3.05, 3.63) is 29.3 Å². The fraction of sp³-hybridized carbons (Fsp3) is 0.526. The minimum atomic E-state index is -0.454. The molecule has 3 fully saturated rings. The highest BCUT2D eigenvalue weighted by Crippen LogP contribution is 2.57. The molecule has 0 aromatic heterocycles. The summed E-state index contributed by atoms with van der Waals surface area (Å²) in [5.74, 6) is -1.65. The van der Waals surface area contributed by atoms with E-state index in [4.69, 9.17) is 9.47 Å². The van der Waals surface area contributed by atoms with E-state index in [1.807, 2.05) is 32.0 Å². The van der Waals surface area contributed by atoms with Crippen molar-refractivity contribution >= 4 is 23.5 Å². The van der Waals surface area contributed by atoms with Gasteiger partial charge < -0.3 is 14.8 Å². The largest absolute Gasteiger partial charge is 0.462 e. The van der Waals surface area contributed by atoms with Gasteiger partial charge in [0, 0.05) is 11.6 Å². The number of rotatable bonds is 4. The molecule has 2 saturated carbocycles. The molecule has 0 spiro atoms. The Morgan fingerprint density at radius 2 is 2.08 bits per heavy atom. The number of aryl methyl sites for hydroxylation is 2. The monoisotopic (exact) mass is 343 g/mol. The first-order valence-electron chi connectivity index (χ1n) is 8.68. The van der Waals surface area contributed by atoms with E-state index in [-0.39, 0.29) is 42.3 Å². The van der Waals surface area contributed by atoms with E-state index in [2.05, 4.69) is 5.32 Å². The van der Waals surface area contributed by atoms with Gasteiger partial charge >= 0.3 is 11.9 Å². The minimum absolute atomic E-state index is 0.0145. The van der Waals surface area contributed by atoms with Crippen LogP contribution in [0.15, 0.2) is 18.2 Å². The molecule has 2 bridgehead atoms. The molecule has 6 nitrogen and oxygen atoms in total. The molecule has 2 aliphatic carbocycles. The lowest BCUT2D eigenvalue weighted by Gasteiger charge is -2.22. The van der Waals surface area contributed by atoms with Gasteiger partial charge in [-0.3, -0.25) is 14.4 Å². The topological polar surface area (TPSA) is 81.7 Å². The molecule has 1 heterocycles. The lowest BCUT2D eigenvalue weighted by molar-refractivity contribution is -0.157. The van der Waals surface area contributed by atoms with Crippen molar-refractivity contribution in [3.63, 3.8) is 0 Å². The zero-order chi connectivity index (χ0) is 17.7. The third-order valence-corrected chi connectivity index (χ3v) is 5.76. The average molecular weight is 343 g/mol. The van der Waals surface area contributed by atoms with Gasteiger partial charge in [-0.2, -0.15) is 0 Å². The predicted molar refractivity (Wildman–Crippen MR) is 88.6 cm³/mol. The van der Waals surface area contributed by atoms with Crippen LogP contribution in [-0.2, 0) is 23.9 Å². The van der Waals surface area contributed by atoms with Crippen LogP contribution in [0.4, 0.5) is 5.69 Å². The Balaban J connectivity index is 1.34. The van der Waals surface area contributed by atoms with Crippen LogP contribution in [0.2, 0.25) is 0 Å². The molecule has 3 aliphatic rings. The van der Waals surface area contributed by atoms with Gasteiger partial charge in [0.1, 0.15) is 6.10 Å². The number of benzene rings is 1. The molecule has 5 atom stereocenters. The fourth-order valence-electron chi connectivity index (χ4n) is 4.70. The second-order valence-corrected chi connectivity index (χ2v) is 7.40. The molecule has 0 radical (unpaired) electrons. The van der Waals surface area contributed by atoms with Crippen molar-refractivity contribution < 1.29 is 23.9 Å². The van der Waals surface area contributed by atoms with Crippen molar-refractivity contribution in [3.8, 4) is 0 Å². The van der Waals surface area contributed by atoms with Gasteiger partial charge in [0.15, 0.2) is 6.61 Å². The maximum atomic E-state index is 12.4. The van der Waals surface area contributed by atoms with Crippen LogP contribution in [0.1, 0.15) is 24.0 Å². The summed E-state index contributed by atoms with van der Waals surface area (Å²) in [6, 6.07) is 5.71. The smallest absolute Gasteiger partial charge is 0.310 e. The third kappa shape index (κ3) is 2.69. The van der Waals surface area contributed by atoms with Crippen molar-refractivity contribution in [1.82, 2.24) is 0 Å². The second-order valence-electron chi connectivity index (χ2n) is 7.40. The predicted octanol–water partition coefficient (Wildman–Crippen LogP) is 1.98. The third-order valence-electron chi connectivity index (χ3n) is 5.76. The molecule has 6 heteroatoms. The number of carbonyl (C=O) groups is 3. The molecule has 1 aromatic rings. The Bertz CT molecular complexity index is 756. The maximum Gasteiger partial charge on any atom is 0.310 e. The van der Waals surface area contributed by atoms with Crippen molar-refractivity contribution in [2.24, 2.45) is 23.7 Å². The number of ether oxygens (including phenoxy) is 2. The number of hydrogen-bond donors (Lipinski definition) is 1. The van der Waals surface area contributed by atoms with Gasteiger partial charge in [0.2, 0.25) is 0 Å². The van der Waals surface area contributed by atoms with E-state index in [0.717, 1.165) is 24.0 Å². The number of hydrogen-bond acceptors (Lipinski definition) is 5. The number of amides is 1. The highest BCUT2D eigenvalue weighted by molar-refractivity contribution is 5.94. The van der Waals surface area contributed by atoms with Crippen LogP contribution in [0.3, 0.4) is 0 Å². The van der Waals surface area contributed by atoms with Crippen LogP contribution in [-0.4, -0.2) is 30.6 Å². The van der Waals surface area contributed by atoms with Crippen LogP contribution >= 0.6 is 0 Å². The summed E-state index contributed by atoms with van der Waals surface area (Å²) >= 11 is 0. The van der Waals surface area contributed by atoms with E-state index in [9.17, 15) is 14.4 Å². The van der Waals surface area contributed by atoms with Gasteiger partial charge in [0.25, 0.3) is 5.91 Å². The first-order chi connectivity index (χ1) is 11.9. The molecular formula is C19H21NO5. The van der Waals surface area contributed by atoms with Gasteiger partial charge in [-0.05, 0) is 44.2 Å². The zero-order valence-electron chi connectivity index (χ0n) is 14.3. The average Bonchev–Trinajstić information content (AvgIpc) is 3.17. The fourth-order valence-corrected chi connectivity index (χ4v) is 4.70. The van der Waals surface area contributed by atoms with Gasteiger partial charge in [0.05, 0.1) is 11.8 Å². The van der Waals surface area contributed by atoms with Crippen molar-refractivity contribution in [1.29, 1.82) is 0 Å². The Morgan fingerprint density at radius 1 is 1.28 bits per heavy atom. The zero-order valence-corrected chi connectivity index (χ0v) is 14.3. The summed E-state index contributed by atoms with van der Waals surface area (Å²) in [5.41, 5.74) is 2.77. The van der Waals surface area contributed by atoms with Crippen LogP contribution < -0.4 is 5.32 Å². The summed E-state index contributed by atoms with van der Waals surface area (Å²) in [6.45, 7) is 3.55. The standard InChI is InChI=1S/C19H21NO5/c1-9-3-4-13(10(2)5-9)20-15(21)8-24-18(22)16-11-6-12-14(7-11)25-19(23)17(12)16/h3-5,11-12,14,16-17H,6-8H2,1-2H3,(H,20,21)/t11-,12+,14+,16-,17-/m1/s1. The quantitative estimate of drug-likeness (QED) is 0.846. The van der Waals surface area contributed by atoms with Crippen LogP contribution in [0.25, 0.3) is 0 Å². The lowest BCUT2D eigenvalue weighted by atomic mass is 9.80. The highest BCUT2D eigenvalue weighted by atomic mass is 16.6. The molecule has 1 aliphatic heterocycles. The van der Waals surface area contributed by atoms with E-state index in [1.165, 1.54) is 0 Å². The van der Waals surface area contributed by atoms with Gasteiger partial charge in [-0.15, -0.1) is 0 Å². The summed E-state index contributed by atoms with van der Waals surface area (Å²) < 4.78 is 10.5. The summed E-state index contributed by atoms with van der Waals surface area (Å²) in [5, 5.41) is 2.75. The molecule has 1 saturated heterocycles. The minimum Gasteiger partial charge on any atom is -0.462 e. The summed E-state index contributed by atoms with van der Waals surface area (Å²) in [4.78, 5) is 36.4. The summed E-state index contributed by atoms with van der Waals surface area (Å²) in [6.07, 6.45) is 1.57. The molecule has 132 valence electrons. The normalized spacial score (nSPS) is 31.8. The highest BCUT2D eigenvalue weighted by Gasteiger charge is 2.64. The Hall–Kier alpha value is -2.37. The number of esters is 2. The van der Waals surface area contributed by atoms with Crippen LogP contribution in [0, 0.1) is 37.5 Å². The molecular weight excluding hydrogens is 322 g/mol. The maximum absolute atomic E-state index is 12.4. The second kappa shape index (κ2) is 5.86. The molecule has 1 N–H and O–H groups in total. The number of nitrogens with one attached hydrogen (secondary N) is 1. The van der Waals surface area contributed by atoms with Gasteiger partial charge in [-0.1, -0.05) is 17.7 Å².